The van der Waals surface area contributed by atoms with Crippen molar-refractivity contribution >= 4 is 15.7 Å². The van der Waals surface area contributed by atoms with E-state index in [9.17, 15) is 22.9 Å². The Hall–Kier alpha value is -1.54. The van der Waals surface area contributed by atoms with Crippen LogP contribution in [0.5, 0.6) is 0 Å². The van der Waals surface area contributed by atoms with Gasteiger partial charge in [0.2, 0.25) is 15.8 Å². The van der Waals surface area contributed by atoms with E-state index in [2.05, 4.69) is 4.72 Å². The van der Waals surface area contributed by atoms with Crippen LogP contribution in [0.4, 0.5) is 10.1 Å². The first-order valence-corrected chi connectivity index (χ1v) is 8.22. The van der Waals surface area contributed by atoms with Crippen LogP contribution in [0.3, 0.4) is 0 Å². The van der Waals surface area contributed by atoms with Crippen LogP contribution in [-0.4, -0.2) is 19.9 Å². The lowest BCUT2D eigenvalue weighted by Crippen LogP contribution is -2.25. The minimum Gasteiger partial charge on any atom is -0.258 e. The Labute approximate surface area is 123 Å². The molecule has 1 N–H and O–H groups in total. The molecule has 1 aromatic rings. The van der Waals surface area contributed by atoms with E-state index in [1.165, 1.54) is 6.92 Å². The highest BCUT2D eigenvalue weighted by Crippen LogP contribution is 2.25. The summed E-state index contributed by atoms with van der Waals surface area (Å²) in [6.07, 6.45) is 3.65. The summed E-state index contributed by atoms with van der Waals surface area (Å²) >= 11 is 0. The number of nitrogens with zero attached hydrogens (tertiary/aromatic N) is 1. The molecule has 1 rings (SSSR count). The van der Waals surface area contributed by atoms with Crippen LogP contribution >= 0.6 is 0 Å². The van der Waals surface area contributed by atoms with Gasteiger partial charge in [0.1, 0.15) is 0 Å². The Kier molecular flexibility index (Phi) is 6.22. The number of aryl methyl sites for hydroxylation is 1. The Morgan fingerprint density at radius 3 is 2.52 bits per heavy atom. The number of halogens is 1. The van der Waals surface area contributed by atoms with Gasteiger partial charge >= 0.3 is 5.69 Å². The molecule has 0 saturated carbocycles. The molecule has 6 nitrogen and oxygen atoms in total. The summed E-state index contributed by atoms with van der Waals surface area (Å²) in [5.74, 6) is -1.04. The number of nitrogens with one attached hydrogen (secondary N) is 1. The average molecular weight is 318 g/mol. The van der Waals surface area contributed by atoms with Crippen LogP contribution in [0.1, 0.15) is 38.2 Å². The Morgan fingerprint density at radius 2 is 1.95 bits per heavy atom. The first-order valence-electron chi connectivity index (χ1n) is 6.73. The molecule has 1 aromatic carbocycles. The summed E-state index contributed by atoms with van der Waals surface area (Å²) in [4.78, 5) is 9.50. The normalized spacial score (nSPS) is 11.6. The third-order valence-electron chi connectivity index (χ3n) is 3.05. The van der Waals surface area contributed by atoms with Crippen molar-refractivity contribution in [2.24, 2.45) is 0 Å². The molecule has 0 radical (unpaired) electrons. The molecule has 0 saturated heterocycles. The lowest BCUT2D eigenvalue weighted by Gasteiger charge is -2.09. The number of benzene rings is 1. The van der Waals surface area contributed by atoms with E-state index in [1.54, 1.807) is 0 Å². The summed E-state index contributed by atoms with van der Waals surface area (Å²) < 4.78 is 40.0. The standard InChI is InChI=1S/C13H19FN2O4S/c1-3-4-5-6-7-15-21(19,20)13-9-12(16(17)18)11(14)8-10(13)2/h8-9,15H,3-7H2,1-2H3. The fourth-order valence-electron chi connectivity index (χ4n) is 1.91. The molecular formula is C13H19FN2O4S. The number of rotatable bonds is 8. The van der Waals surface area contributed by atoms with Crippen LogP contribution in [-0.2, 0) is 10.0 Å². The molecule has 0 bridgehead atoms. The van der Waals surface area contributed by atoms with E-state index in [4.69, 9.17) is 0 Å². The SMILES string of the molecule is CCCCCCNS(=O)(=O)c1cc([N+](=O)[O-])c(F)cc1C. The van der Waals surface area contributed by atoms with Crippen LogP contribution in [0.15, 0.2) is 17.0 Å². The number of hydrogen-bond donors (Lipinski definition) is 1. The van der Waals surface area contributed by atoms with Gasteiger partial charge in [0.05, 0.1) is 9.82 Å². The third kappa shape index (κ3) is 4.75. The molecule has 21 heavy (non-hydrogen) atoms. The molecule has 0 fully saturated rings. The molecule has 0 spiro atoms. The fraction of sp³-hybridized carbons (Fsp3) is 0.538. The molecular weight excluding hydrogens is 299 g/mol. The molecule has 0 aliphatic rings. The van der Waals surface area contributed by atoms with Crippen molar-refractivity contribution < 1.29 is 17.7 Å². The van der Waals surface area contributed by atoms with Crippen molar-refractivity contribution in [2.45, 2.75) is 44.4 Å². The molecule has 0 aliphatic carbocycles. The predicted octanol–water partition coefficient (Wildman–Crippen LogP) is 2.90. The smallest absolute Gasteiger partial charge is 0.258 e. The van der Waals surface area contributed by atoms with Gasteiger partial charge in [-0.1, -0.05) is 26.2 Å². The zero-order valence-electron chi connectivity index (χ0n) is 12.1. The largest absolute Gasteiger partial charge is 0.306 e. The number of nitro groups is 1. The first-order chi connectivity index (χ1) is 9.79. The van der Waals surface area contributed by atoms with Crippen LogP contribution in [0.25, 0.3) is 0 Å². The number of sulfonamides is 1. The van der Waals surface area contributed by atoms with Crippen molar-refractivity contribution in [3.05, 3.63) is 33.6 Å². The van der Waals surface area contributed by atoms with Crippen molar-refractivity contribution in [1.82, 2.24) is 4.72 Å². The predicted molar refractivity (Wildman–Crippen MR) is 77.1 cm³/mol. The Bertz CT molecular complexity index is 617. The topological polar surface area (TPSA) is 89.3 Å². The highest BCUT2D eigenvalue weighted by Gasteiger charge is 2.23. The van der Waals surface area contributed by atoms with Gasteiger partial charge in [0.25, 0.3) is 0 Å². The highest BCUT2D eigenvalue weighted by molar-refractivity contribution is 7.89. The van der Waals surface area contributed by atoms with Gasteiger partial charge in [-0.3, -0.25) is 10.1 Å². The molecule has 8 heteroatoms. The van der Waals surface area contributed by atoms with E-state index in [0.29, 0.717) is 6.42 Å². The molecule has 0 unspecified atom stereocenters. The average Bonchev–Trinajstić information content (AvgIpc) is 2.37. The second-order valence-electron chi connectivity index (χ2n) is 4.78. The maximum atomic E-state index is 13.4. The monoisotopic (exact) mass is 318 g/mol. The third-order valence-corrected chi connectivity index (χ3v) is 4.66. The minimum atomic E-state index is -3.87. The zero-order chi connectivity index (χ0) is 16.0. The summed E-state index contributed by atoms with van der Waals surface area (Å²) in [6.45, 7) is 3.70. The maximum absolute atomic E-state index is 13.4. The molecule has 0 aromatic heterocycles. The maximum Gasteiger partial charge on any atom is 0.306 e. The molecule has 0 atom stereocenters. The Morgan fingerprint density at radius 1 is 1.29 bits per heavy atom. The van der Waals surface area contributed by atoms with Gasteiger partial charge in [-0.05, 0) is 25.0 Å². The van der Waals surface area contributed by atoms with Gasteiger partial charge in [0, 0.05) is 12.6 Å². The van der Waals surface area contributed by atoms with Gasteiger partial charge in [-0.25, -0.2) is 13.1 Å². The summed E-state index contributed by atoms with van der Waals surface area (Å²) in [5.41, 5.74) is -0.703. The second-order valence-corrected chi connectivity index (χ2v) is 6.52. The van der Waals surface area contributed by atoms with E-state index in [1.807, 2.05) is 6.92 Å². The van der Waals surface area contributed by atoms with Gasteiger partial charge in [-0.2, -0.15) is 4.39 Å². The summed E-state index contributed by atoms with van der Waals surface area (Å²) in [6, 6.07) is 1.63. The lowest BCUT2D eigenvalue weighted by molar-refractivity contribution is -0.387. The summed E-state index contributed by atoms with van der Waals surface area (Å²) in [5, 5.41) is 10.7. The van der Waals surface area contributed by atoms with Crippen molar-refractivity contribution in [3.8, 4) is 0 Å². The van der Waals surface area contributed by atoms with E-state index in [-0.39, 0.29) is 17.0 Å². The van der Waals surface area contributed by atoms with Crippen LogP contribution < -0.4 is 4.72 Å². The molecule has 118 valence electrons. The van der Waals surface area contributed by atoms with Crippen LogP contribution in [0, 0.1) is 22.9 Å². The van der Waals surface area contributed by atoms with Crippen molar-refractivity contribution in [1.29, 1.82) is 0 Å². The molecule has 0 heterocycles. The lowest BCUT2D eigenvalue weighted by atomic mass is 10.2. The van der Waals surface area contributed by atoms with Gasteiger partial charge < -0.3 is 0 Å². The quantitative estimate of drug-likeness (QED) is 0.453. The van der Waals surface area contributed by atoms with Crippen molar-refractivity contribution in [2.75, 3.05) is 6.54 Å². The van der Waals surface area contributed by atoms with Gasteiger partial charge in [-0.15, -0.1) is 0 Å². The van der Waals surface area contributed by atoms with Crippen molar-refractivity contribution in [3.63, 3.8) is 0 Å². The van der Waals surface area contributed by atoms with Gasteiger partial charge in [0.15, 0.2) is 0 Å². The van der Waals surface area contributed by atoms with E-state index < -0.39 is 26.5 Å². The second kappa shape index (κ2) is 7.46. The summed E-state index contributed by atoms with van der Waals surface area (Å²) in [7, 11) is -3.87. The minimum absolute atomic E-state index is 0.138. The number of nitro benzene ring substituents is 1. The zero-order valence-corrected chi connectivity index (χ0v) is 12.9. The Balaban J connectivity index is 2.92. The van der Waals surface area contributed by atoms with E-state index in [0.717, 1.165) is 31.4 Å². The number of unbranched alkanes of at least 4 members (excludes halogenated alkanes) is 3. The fourth-order valence-corrected chi connectivity index (χ4v) is 3.23. The molecule has 0 amide bonds. The molecule has 0 aliphatic heterocycles. The van der Waals surface area contributed by atoms with E-state index >= 15 is 0 Å². The first kappa shape index (κ1) is 17.5. The highest BCUT2D eigenvalue weighted by atomic mass is 32.2. The number of hydrogen-bond acceptors (Lipinski definition) is 4. The van der Waals surface area contributed by atoms with Crippen LogP contribution in [0.2, 0.25) is 0 Å².